The molecule has 1 aliphatic heterocycles. The Morgan fingerprint density at radius 1 is 1.12 bits per heavy atom. The number of nitrogens with zero attached hydrogens (tertiary/aromatic N) is 1. The lowest BCUT2D eigenvalue weighted by atomic mass is 9.49. The second-order valence-electron chi connectivity index (χ2n) is 5.02. The van der Waals surface area contributed by atoms with E-state index in [1.165, 1.54) is 5.56 Å². The van der Waals surface area contributed by atoms with E-state index in [0.29, 0.717) is 5.41 Å². The topological polar surface area (TPSA) is 35.8 Å². The van der Waals surface area contributed by atoms with E-state index in [4.69, 9.17) is 0 Å². The zero-order chi connectivity index (χ0) is 10.4. The molecular weight excluding hydrogens is 220 g/mol. The standard InChI is InChI=1S/C13H14N2.ClH/c14-8-13(11-4-2-1-3-5-11)6-12(7-13)9-15-10-12;/h1-5,15H,6-7,9-10H2;1H. The maximum Gasteiger partial charge on any atom is 0.0834 e. The second-order valence-corrected chi connectivity index (χ2v) is 5.02. The van der Waals surface area contributed by atoms with Gasteiger partial charge in [-0.25, -0.2) is 0 Å². The third-order valence-corrected chi connectivity index (χ3v) is 3.89. The largest absolute Gasteiger partial charge is 0.316 e. The minimum Gasteiger partial charge on any atom is -0.316 e. The summed E-state index contributed by atoms with van der Waals surface area (Å²) in [6.07, 6.45) is 2.07. The molecule has 2 nitrogen and oxygen atoms in total. The van der Waals surface area contributed by atoms with Gasteiger partial charge in [-0.2, -0.15) is 5.26 Å². The number of hydrogen-bond acceptors (Lipinski definition) is 2. The van der Waals surface area contributed by atoms with Crippen molar-refractivity contribution in [2.45, 2.75) is 18.3 Å². The maximum atomic E-state index is 9.37. The van der Waals surface area contributed by atoms with Crippen LogP contribution >= 0.6 is 12.4 Å². The Kier molecular flexibility index (Phi) is 2.69. The second kappa shape index (κ2) is 3.76. The molecule has 1 saturated carbocycles. The van der Waals surface area contributed by atoms with Crippen molar-refractivity contribution in [3.8, 4) is 6.07 Å². The van der Waals surface area contributed by atoms with E-state index in [0.717, 1.165) is 25.9 Å². The predicted octanol–water partition coefficient (Wildman–Crippen LogP) is 2.25. The summed E-state index contributed by atoms with van der Waals surface area (Å²) < 4.78 is 0. The number of hydrogen-bond donors (Lipinski definition) is 1. The van der Waals surface area contributed by atoms with Gasteiger partial charge in [-0.3, -0.25) is 0 Å². The van der Waals surface area contributed by atoms with Gasteiger partial charge in [-0.05, 0) is 23.8 Å². The van der Waals surface area contributed by atoms with Crippen LogP contribution in [0.5, 0.6) is 0 Å². The zero-order valence-electron chi connectivity index (χ0n) is 9.07. The normalized spacial score (nSPS) is 23.4. The van der Waals surface area contributed by atoms with Crippen LogP contribution in [0.15, 0.2) is 30.3 Å². The summed E-state index contributed by atoms with van der Waals surface area (Å²) in [6, 6.07) is 12.8. The minimum atomic E-state index is -0.191. The predicted molar refractivity (Wildman–Crippen MR) is 65.5 cm³/mol. The van der Waals surface area contributed by atoms with E-state index in [9.17, 15) is 5.26 Å². The van der Waals surface area contributed by atoms with Crippen LogP contribution in [-0.2, 0) is 5.41 Å². The highest BCUT2D eigenvalue weighted by Gasteiger charge is 2.58. The van der Waals surface area contributed by atoms with Crippen molar-refractivity contribution in [3.05, 3.63) is 35.9 Å². The molecule has 1 spiro atoms. The van der Waals surface area contributed by atoms with Crippen molar-refractivity contribution < 1.29 is 0 Å². The molecule has 2 aliphatic rings. The third-order valence-electron chi connectivity index (χ3n) is 3.89. The first-order chi connectivity index (χ1) is 7.29. The van der Waals surface area contributed by atoms with E-state index < -0.39 is 0 Å². The van der Waals surface area contributed by atoms with Gasteiger partial charge >= 0.3 is 0 Å². The molecule has 1 aromatic carbocycles. The highest BCUT2D eigenvalue weighted by molar-refractivity contribution is 5.85. The molecule has 3 heteroatoms. The molecule has 0 bridgehead atoms. The monoisotopic (exact) mass is 234 g/mol. The average Bonchev–Trinajstić information content (AvgIpc) is 2.17. The quantitative estimate of drug-likeness (QED) is 0.809. The summed E-state index contributed by atoms with van der Waals surface area (Å²) in [7, 11) is 0. The van der Waals surface area contributed by atoms with Gasteiger partial charge in [0.2, 0.25) is 0 Å². The van der Waals surface area contributed by atoms with Crippen LogP contribution < -0.4 is 5.32 Å². The maximum absolute atomic E-state index is 9.37. The molecule has 3 rings (SSSR count). The Bertz CT molecular complexity index is 409. The van der Waals surface area contributed by atoms with Crippen LogP contribution in [0.2, 0.25) is 0 Å². The van der Waals surface area contributed by atoms with Crippen LogP contribution in [0.4, 0.5) is 0 Å². The molecule has 0 aromatic heterocycles. The van der Waals surface area contributed by atoms with E-state index in [1.807, 2.05) is 18.2 Å². The minimum absolute atomic E-state index is 0. The Hall–Kier alpha value is -1.04. The molecule has 1 saturated heterocycles. The molecule has 0 radical (unpaired) electrons. The Morgan fingerprint density at radius 2 is 1.75 bits per heavy atom. The average molecular weight is 235 g/mol. The fraction of sp³-hybridized carbons (Fsp3) is 0.462. The summed E-state index contributed by atoms with van der Waals surface area (Å²) in [5.41, 5.74) is 1.46. The smallest absolute Gasteiger partial charge is 0.0834 e. The molecule has 1 aromatic rings. The first kappa shape index (κ1) is 11.4. The summed E-state index contributed by atoms with van der Waals surface area (Å²) in [5, 5.41) is 12.7. The summed E-state index contributed by atoms with van der Waals surface area (Å²) in [6.45, 7) is 2.20. The van der Waals surface area contributed by atoms with E-state index >= 15 is 0 Å². The van der Waals surface area contributed by atoms with Gasteiger partial charge in [0.05, 0.1) is 11.5 Å². The molecular formula is C13H15ClN2. The molecule has 1 heterocycles. The molecule has 16 heavy (non-hydrogen) atoms. The molecule has 1 N–H and O–H groups in total. The van der Waals surface area contributed by atoms with Crippen LogP contribution in [0.3, 0.4) is 0 Å². The van der Waals surface area contributed by atoms with Gasteiger partial charge in [-0.15, -0.1) is 12.4 Å². The molecule has 0 unspecified atom stereocenters. The molecule has 0 amide bonds. The van der Waals surface area contributed by atoms with E-state index in [-0.39, 0.29) is 17.8 Å². The van der Waals surface area contributed by atoms with Crippen molar-refractivity contribution in [1.82, 2.24) is 5.32 Å². The SMILES string of the molecule is Cl.N#CC1(c2ccccc2)CC2(CNC2)C1. The van der Waals surface area contributed by atoms with Gasteiger partial charge in [-0.1, -0.05) is 30.3 Å². The Balaban J connectivity index is 0.000000963. The van der Waals surface area contributed by atoms with Crippen molar-refractivity contribution >= 4 is 12.4 Å². The molecule has 84 valence electrons. The highest BCUT2D eigenvalue weighted by atomic mass is 35.5. The van der Waals surface area contributed by atoms with Gasteiger partial charge in [0.1, 0.15) is 0 Å². The molecule has 2 fully saturated rings. The summed E-state index contributed by atoms with van der Waals surface area (Å²) >= 11 is 0. The number of nitrogens with one attached hydrogen (secondary N) is 1. The van der Waals surface area contributed by atoms with Crippen molar-refractivity contribution in [1.29, 1.82) is 5.26 Å². The first-order valence-electron chi connectivity index (χ1n) is 5.46. The van der Waals surface area contributed by atoms with Crippen LogP contribution in [-0.4, -0.2) is 13.1 Å². The van der Waals surface area contributed by atoms with Crippen molar-refractivity contribution in [2.24, 2.45) is 5.41 Å². The summed E-state index contributed by atoms with van der Waals surface area (Å²) in [4.78, 5) is 0. The fourth-order valence-electron chi connectivity index (χ4n) is 3.06. The molecule has 1 aliphatic carbocycles. The van der Waals surface area contributed by atoms with E-state index in [2.05, 4.69) is 23.5 Å². The number of halogens is 1. The number of benzene rings is 1. The Labute approximate surface area is 102 Å². The van der Waals surface area contributed by atoms with Crippen LogP contribution in [0, 0.1) is 16.7 Å². The Morgan fingerprint density at radius 3 is 2.19 bits per heavy atom. The highest BCUT2D eigenvalue weighted by Crippen LogP contribution is 2.57. The van der Waals surface area contributed by atoms with Gasteiger partial charge < -0.3 is 5.32 Å². The summed E-state index contributed by atoms with van der Waals surface area (Å²) in [5.74, 6) is 0. The van der Waals surface area contributed by atoms with Crippen LogP contribution in [0.1, 0.15) is 18.4 Å². The van der Waals surface area contributed by atoms with E-state index in [1.54, 1.807) is 0 Å². The lowest BCUT2D eigenvalue weighted by Crippen LogP contribution is -2.65. The van der Waals surface area contributed by atoms with Crippen LogP contribution in [0.25, 0.3) is 0 Å². The first-order valence-corrected chi connectivity index (χ1v) is 5.46. The fourth-order valence-corrected chi connectivity index (χ4v) is 3.06. The van der Waals surface area contributed by atoms with Crippen molar-refractivity contribution in [3.63, 3.8) is 0 Å². The molecule has 0 atom stereocenters. The lowest BCUT2D eigenvalue weighted by Gasteiger charge is -2.58. The van der Waals surface area contributed by atoms with Gasteiger partial charge in [0, 0.05) is 13.1 Å². The number of nitriles is 1. The van der Waals surface area contributed by atoms with Gasteiger partial charge in [0.15, 0.2) is 0 Å². The van der Waals surface area contributed by atoms with Crippen molar-refractivity contribution in [2.75, 3.05) is 13.1 Å². The van der Waals surface area contributed by atoms with Gasteiger partial charge in [0.25, 0.3) is 0 Å². The third kappa shape index (κ3) is 1.43. The number of rotatable bonds is 1. The zero-order valence-corrected chi connectivity index (χ0v) is 9.89. The lowest BCUT2D eigenvalue weighted by molar-refractivity contribution is 0.00235.